The number of hydrogen-bond donors (Lipinski definition) is 1. The monoisotopic (exact) mass is 181 g/mol. The Balaban J connectivity index is 1.73. The highest BCUT2D eigenvalue weighted by Crippen LogP contribution is 2.45. The first-order chi connectivity index (χ1) is 6.27. The molecule has 72 valence electrons. The predicted octanol–water partition coefficient (Wildman–Crippen LogP) is 1.06. The second kappa shape index (κ2) is 3.40. The van der Waals surface area contributed by atoms with E-state index in [0.717, 1.165) is 19.6 Å². The molecule has 0 aromatic rings. The van der Waals surface area contributed by atoms with Gasteiger partial charge in [-0.25, -0.2) is 0 Å². The lowest BCUT2D eigenvalue weighted by atomic mass is 10.1. The summed E-state index contributed by atoms with van der Waals surface area (Å²) in [5.74, 6) is 1.42. The number of carbonyl (C=O) groups is 1. The molecule has 3 nitrogen and oxygen atoms in total. The maximum atomic E-state index is 10.7. The quantitative estimate of drug-likeness (QED) is 0.707. The van der Waals surface area contributed by atoms with Gasteiger partial charge in [-0.2, -0.15) is 0 Å². The summed E-state index contributed by atoms with van der Waals surface area (Å²) < 4.78 is 5.18. The van der Waals surface area contributed by atoms with E-state index in [1.54, 1.807) is 6.92 Å². The minimum absolute atomic E-state index is 0.0716. The summed E-state index contributed by atoms with van der Waals surface area (Å²) in [4.78, 5) is 10.7. The third-order valence-electron chi connectivity index (χ3n) is 2.76. The van der Waals surface area contributed by atoms with E-state index < -0.39 is 0 Å². The SMILES string of the molecule is CC(=O)NCC1CC1C1=COCC1. The number of hydrogen-bond acceptors (Lipinski definition) is 2. The van der Waals surface area contributed by atoms with Crippen molar-refractivity contribution in [3.8, 4) is 0 Å². The van der Waals surface area contributed by atoms with Crippen molar-refractivity contribution in [3.63, 3.8) is 0 Å². The molecule has 1 aliphatic heterocycles. The molecule has 0 aromatic carbocycles. The molecule has 13 heavy (non-hydrogen) atoms. The van der Waals surface area contributed by atoms with Crippen molar-refractivity contribution < 1.29 is 9.53 Å². The van der Waals surface area contributed by atoms with Crippen LogP contribution < -0.4 is 5.32 Å². The Morgan fingerprint density at radius 1 is 1.77 bits per heavy atom. The van der Waals surface area contributed by atoms with Crippen LogP contribution in [0.2, 0.25) is 0 Å². The molecular formula is C10H15NO2. The largest absolute Gasteiger partial charge is 0.501 e. The molecule has 2 rings (SSSR count). The Labute approximate surface area is 78.1 Å². The summed E-state index contributed by atoms with van der Waals surface area (Å²) in [6.07, 6.45) is 4.20. The number of rotatable bonds is 3. The van der Waals surface area contributed by atoms with Gasteiger partial charge in [0.05, 0.1) is 12.9 Å². The zero-order valence-corrected chi connectivity index (χ0v) is 7.88. The minimum atomic E-state index is 0.0716. The lowest BCUT2D eigenvalue weighted by Crippen LogP contribution is -2.22. The number of nitrogens with one attached hydrogen (secondary N) is 1. The third-order valence-corrected chi connectivity index (χ3v) is 2.76. The van der Waals surface area contributed by atoms with E-state index in [9.17, 15) is 4.79 Å². The number of amides is 1. The Morgan fingerprint density at radius 2 is 2.62 bits per heavy atom. The first kappa shape index (κ1) is 8.60. The first-order valence-electron chi connectivity index (χ1n) is 4.82. The molecule has 0 radical (unpaired) electrons. The van der Waals surface area contributed by atoms with Gasteiger partial charge in [-0.3, -0.25) is 4.79 Å². The van der Waals surface area contributed by atoms with E-state index in [2.05, 4.69) is 5.32 Å². The summed E-state index contributed by atoms with van der Waals surface area (Å²) in [6.45, 7) is 3.24. The van der Waals surface area contributed by atoms with Crippen molar-refractivity contribution in [2.24, 2.45) is 11.8 Å². The predicted molar refractivity (Wildman–Crippen MR) is 48.9 cm³/mol. The Morgan fingerprint density at radius 3 is 3.23 bits per heavy atom. The van der Waals surface area contributed by atoms with Gasteiger partial charge in [0.15, 0.2) is 0 Å². The van der Waals surface area contributed by atoms with Crippen LogP contribution in [-0.4, -0.2) is 19.1 Å². The number of carbonyl (C=O) groups excluding carboxylic acids is 1. The molecule has 1 fully saturated rings. The lowest BCUT2D eigenvalue weighted by Gasteiger charge is -2.00. The summed E-state index contributed by atoms with van der Waals surface area (Å²) in [5.41, 5.74) is 1.44. The van der Waals surface area contributed by atoms with Crippen LogP contribution in [0.25, 0.3) is 0 Å². The van der Waals surface area contributed by atoms with E-state index in [1.807, 2.05) is 6.26 Å². The van der Waals surface area contributed by atoms with Crippen LogP contribution in [0.1, 0.15) is 19.8 Å². The van der Waals surface area contributed by atoms with E-state index >= 15 is 0 Å². The van der Waals surface area contributed by atoms with Crippen LogP contribution in [0.5, 0.6) is 0 Å². The summed E-state index contributed by atoms with van der Waals surface area (Å²) in [6, 6.07) is 0. The van der Waals surface area contributed by atoms with E-state index in [0.29, 0.717) is 11.8 Å². The highest BCUT2D eigenvalue weighted by atomic mass is 16.5. The first-order valence-corrected chi connectivity index (χ1v) is 4.82. The van der Waals surface area contributed by atoms with E-state index in [-0.39, 0.29) is 5.91 Å². The topological polar surface area (TPSA) is 38.3 Å². The molecule has 0 aromatic heterocycles. The maximum Gasteiger partial charge on any atom is 0.216 e. The summed E-state index contributed by atoms with van der Waals surface area (Å²) >= 11 is 0. The van der Waals surface area contributed by atoms with Gasteiger partial charge in [-0.1, -0.05) is 0 Å². The fourth-order valence-electron chi connectivity index (χ4n) is 1.88. The minimum Gasteiger partial charge on any atom is -0.501 e. The van der Waals surface area contributed by atoms with Crippen LogP contribution >= 0.6 is 0 Å². The molecule has 1 saturated carbocycles. The zero-order chi connectivity index (χ0) is 9.26. The Bertz CT molecular complexity index is 247. The van der Waals surface area contributed by atoms with Crippen LogP contribution in [0.3, 0.4) is 0 Å². The standard InChI is InChI=1S/C10H15NO2/c1-7(12)11-5-9-4-10(9)8-2-3-13-6-8/h6,9-10H,2-5H2,1H3,(H,11,12). The fraction of sp³-hybridized carbons (Fsp3) is 0.700. The molecule has 0 saturated heterocycles. The normalized spacial score (nSPS) is 30.7. The van der Waals surface area contributed by atoms with Crippen molar-refractivity contribution in [3.05, 3.63) is 11.8 Å². The van der Waals surface area contributed by atoms with Crippen LogP contribution in [-0.2, 0) is 9.53 Å². The Kier molecular flexibility index (Phi) is 2.25. The van der Waals surface area contributed by atoms with Gasteiger partial charge < -0.3 is 10.1 Å². The average Bonchev–Trinajstić information content (AvgIpc) is 2.66. The summed E-state index contributed by atoms with van der Waals surface area (Å²) in [5, 5.41) is 2.85. The lowest BCUT2D eigenvalue weighted by molar-refractivity contribution is -0.119. The number of ether oxygens (including phenoxy) is 1. The highest BCUT2D eigenvalue weighted by Gasteiger charge is 2.40. The van der Waals surface area contributed by atoms with Gasteiger partial charge in [0, 0.05) is 19.9 Å². The van der Waals surface area contributed by atoms with Gasteiger partial charge >= 0.3 is 0 Å². The van der Waals surface area contributed by atoms with Crippen molar-refractivity contribution in [1.29, 1.82) is 0 Å². The molecule has 1 aliphatic carbocycles. The van der Waals surface area contributed by atoms with Crippen molar-refractivity contribution in [2.45, 2.75) is 19.8 Å². The van der Waals surface area contributed by atoms with Gasteiger partial charge in [0.1, 0.15) is 0 Å². The third kappa shape index (κ3) is 2.02. The van der Waals surface area contributed by atoms with E-state index in [4.69, 9.17) is 4.74 Å². The van der Waals surface area contributed by atoms with Gasteiger partial charge in [0.25, 0.3) is 0 Å². The molecule has 1 N–H and O–H groups in total. The fourth-order valence-corrected chi connectivity index (χ4v) is 1.88. The van der Waals surface area contributed by atoms with Crippen LogP contribution in [0.15, 0.2) is 11.8 Å². The Hall–Kier alpha value is -0.990. The van der Waals surface area contributed by atoms with Crippen LogP contribution in [0.4, 0.5) is 0 Å². The molecule has 3 heteroatoms. The van der Waals surface area contributed by atoms with Gasteiger partial charge in [0.2, 0.25) is 5.91 Å². The molecule has 0 bridgehead atoms. The second-order valence-corrected chi connectivity index (χ2v) is 3.85. The van der Waals surface area contributed by atoms with Crippen molar-refractivity contribution in [1.82, 2.24) is 5.32 Å². The molecule has 1 heterocycles. The van der Waals surface area contributed by atoms with Gasteiger partial charge in [-0.05, 0) is 23.8 Å². The molecule has 2 aliphatic rings. The zero-order valence-electron chi connectivity index (χ0n) is 7.88. The smallest absolute Gasteiger partial charge is 0.216 e. The molecule has 2 atom stereocenters. The average molecular weight is 181 g/mol. The van der Waals surface area contributed by atoms with E-state index in [1.165, 1.54) is 12.0 Å². The molecule has 1 amide bonds. The summed E-state index contributed by atoms with van der Waals surface area (Å²) in [7, 11) is 0. The van der Waals surface area contributed by atoms with Crippen molar-refractivity contribution >= 4 is 5.91 Å². The molecule has 0 spiro atoms. The second-order valence-electron chi connectivity index (χ2n) is 3.85. The van der Waals surface area contributed by atoms with Crippen LogP contribution in [0, 0.1) is 11.8 Å². The maximum absolute atomic E-state index is 10.7. The highest BCUT2D eigenvalue weighted by molar-refractivity contribution is 5.72. The molecule has 2 unspecified atom stereocenters. The molecular weight excluding hydrogens is 166 g/mol. The van der Waals surface area contributed by atoms with Gasteiger partial charge in [-0.15, -0.1) is 0 Å². The van der Waals surface area contributed by atoms with Crippen molar-refractivity contribution in [2.75, 3.05) is 13.2 Å².